The Bertz CT molecular complexity index is 408. The van der Waals surface area contributed by atoms with Crippen molar-refractivity contribution in [2.45, 2.75) is 45.1 Å². The summed E-state index contributed by atoms with van der Waals surface area (Å²) in [5, 5.41) is 13.2. The predicted octanol–water partition coefficient (Wildman–Crippen LogP) is 2.89. The van der Waals surface area contributed by atoms with Crippen molar-refractivity contribution in [1.82, 2.24) is 4.37 Å². The minimum atomic E-state index is -0.893. The standard InChI is InChI=1S/C11H16N2O2S/c1-7-8(10(14)15)9(16-13-7)12-11(2)5-3-4-6-11/h12H,3-6H2,1-2H3,(H,14,15). The van der Waals surface area contributed by atoms with Crippen molar-refractivity contribution in [1.29, 1.82) is 0 Å². The fraction of sp³-hybridized carbons (Fsp3) is 0.636. The highest BCUT2D eigenvalue weighted by molar-refractivity contribution is 7.10. The van der Waals surface area contributed by atoms with E-state index >= 15 is 0 Å². The Morgan fingerprint density at radius 3 is 2.69 bits per heavy atom. The highest BCUT2D eigenvalue weighted by atomic mass is 32.1. The zero-order valence-electron chi connectivity index (χ0n) is 9.54. The average Bonchev–Trinajstić information content (AvgIpc) is 2.74. The number of hydrogen-bond acceptors (Lipinski definition) is 4. The van der Waals surface area contributed by atoms with Gasteiger partial charge in [-0.25, -0.2) is 4.79 Å². The lowest BCUT2D eigenvalue weighted by atomic mass is 10.0. The van der Waals surface area contributed by atoms with Gasteiger partial charge < -0.3 is 10.4 Å². The van der Waals surface area contributed by atoms with Crippen LogP contribution in [0.25, 0.3) is 0 Å². The molecule has 2 N–H and O–H groups in total. The molecule has 1 fully saturated rings. The van der Waals surface area contributed by atoms with E-state index in [1.165, 1.54) is 24.4 Å². The summed E-state index contributed by atoms with van der Waals surface area (Å²) >= 11 is 1.25. The zero-order valence-corrected chi connectivity index (χ0v) is 10.4. The largest absolute Gasteiger partial charge is 0.478 e. The maximum absolute atomic E-state index is 11.1. The topological polar surface area (TPSA) is 62.2 Å². The normalized spacial score (nSPS) is 18.6. The summed E-state index contributed by atoms with van der Waals surface area (Å²) in [6, 6.07) is 0. The Labute approximate surface area is 98.9 Å². The predicted molar refractivity (Wildman–Crippen MR) is 64.3 cm³/mol. The highest BCUT2D eigenvalue weighted by Gasteiger charge is 2.31. The number of anilines is 1. The lowest BCUT2D eigenvalue weighted by molar-refractivity contribution is 0.0697. The lowest BCUT2D eigenvalue weighted by Gasteiger charge is -2.25. The van der Waals surface area contributed by atoms with Gasteiger partial charge in [0.2, 0.25) is 0 Å². The van der Waals surface area contributed by atoms with Crippen molar-refractivity contribution in [2.75, 3.05) is 5.32 Å². The summed E-state index contributed by atoms with van der Waals surface area (Å²) in [6.45, 7) is 3.89. The van der Waals surface area contributed by atoms with Gasteiger partial charge in [0.1, 0.15) is 10.6 Å². The van der Waals surface area contributed by atoms with E-state index in [1.807, 2.05) is 0 Å². The van der Waals surface area contributed by atoms with Gasteiger partial charge in [0.05, 0.1) is 5.69 Å². The Morgan fingerprint density at radius 1 is 1.50 bits per heavy atom. The van der Waals surface area contributed by atoms with Gasteiger partial charge >= 0.3 is 5.97 Å². The Hall–Kier alpha value is -1.10. The molecule has 0 radical (unpaired) electrons. The second kappa shape index (κ2) is 4.05. The molecule has 5 heteroatoms. The van der Waals surface area contributed by atoms with Gasteiger partial charge in [-0.05, 0) is 38.2 Å². The average molecular weight is 240 g/mol. The molecule has 0 amide bonds. The summed E-state index contributed by atoms with van der Waals surface area (Å²) in [4.78, 5) is 11.1. The number of nitrogens with zero attached hydrogens (tertiary/aromatic N) is 1. The van der Waals surface area contributed by atoms with Crippen LogP contribution in [0.15, 0.2) is 0 Å². The molecular formula is C11H16N2O2S. The third-order valence-electron chi connectivity index (χ3n) is 3.20. The number of hydrogen-bond donors (Lipinski definition) is 2. The fourth-order valence-electron chi connectivity index (χ4n) is 2.26. The van der Waals surface area contributed by atoms with Crippen LogP contribution in [-0.2, 0) is 0 Å². The van der Waals surface area contributed by atoms with E-state index in [9.17, 15) is 4.79 Å². The summed E-state index contributed by atoms with van der Waals surface area (Å²) < 4.78 is 4.11. The zero-order chi connectivity index (χ0) is 11.8. The summed E-state index contributed by atoms with van der Waals surface area (Å²) in [5.41, 5.74) is 0.975. The van der Waals surface area contributed by atoms with Gasteiger partial charge in [-0.3, -0.25) is 0 Å². The van der Waals surface area contributed by atoms with Crippen LogP contribution in [0.2, 0.25) is 0 Å². The maximum Gasteiger partial charge on any atom is 0.340 e. The summed E-state index contributed by atoms with van der Waals surface area (Å²) in [7, 11) is 0. The first kappa shape index (κ1) is 11.4. The summed E-state index contributed by atoms with van der Waals surface area (Å²) in [5.74, 6) is -0.893. The fourth-order valence-corrected chi connectivity index (χ4v) is 3.20. The van der Waals surface area contributed by atoms with E-state index in [2.05, 4.69) is 16.6 Å². The Kier molecular flexibility index (Phi) is 2.88. The van der Waals surface area contributed by atoms with Gasteiger partial charge in [-0.2, -0.15) is 4.37 Å². The van der Waals surface area contributed by atoms with Crippen LogP contribution in [0.4, 0.5) is 5.00 Å². The van der Waals surface area contributed by atoms with Crippen LogP contribution in [-0.4, -0.2) is 21.0 Å². The number of carboxylic acid groups (broad SMARTS) is 1. The first-order chi connectivity index (χ1) is 7.52. The first-order valence-electron chi connectivity index (χ1n) is 5.50. The van der Waals surface area contributed by atoms with Crippen molar-refractivity contribution >= 4 is 22.5 Å². The molecule has 1 saturated carbocycles. The molecule has 2 rings (SSSR count). The second-order valence-electron chi connectivity index (χ2n) is 4.67. The third kappa shape index (κ3) is 2.04. The van der Waals surface area contributed by atoms with Crippen molar-refractivity contribution in [3.8, 4) is 0 Å². The number of aromatic nitrogens is 1. The van der Waals surface area contributed by atoms with Crippen LogP contribution < -0.4 is 5.32 Å². The van der Waals surface area contributed by atoms with Crippen molar-refractivity contribution in [2.24, 2.45) is 0 Å². The number of carbonyl (C=O) groups is 1. The molecule has 1 aliphatic rings. The minimum absolute atomic E-state index is 0.0448. The Balaban J connectivity index is 2.24. The molecule has 4 nitrogen and oxygen atoms in total. The molecule has 0 unspecified atom stereocenters. The van der Waals surface area contributed by atoms with E-state index in [4.69, 9.17) is 5.11 Å². The van der Waals surface area contributed by atoms with Crippen LogP contribution in [0.1, 0.15) is 48.7 Å². The highest BCUT2D eigenvalue weighted by Crippen LogP contribution is 2.35. The number of carboxylic acids is 1. The van der Waals surface area contributed by atoms with E-state index in [0.29, 0.717) is 16.3 Å². The second-order valence-corrected chi connectivity index (χ2v) is 5.44. The monoisotopic (exact) mass is 240 g/mol. The van der Waals surface area contributed by atoms with E-state index < -0.39 is 5.97 Å². The van der Waals surface area contributed by atoms with E-state index in [-0.39, 0.29) is 5.54 Å². The first-order valence-corrected chi connectivity index (χ1v) is 6.27. The van der Waals surface area contributed by atoms with Crippen LogP contribution in [0.5, 0.6) is 0 Å². The third-order valence-corrected chi connectivity index (χ3v) is 4.05. The van der Waals surface area contributed by atoms with Gasteiger partial charge in [-0.15, -0.1) is 0 Å². The number of rotatable bonds is 3. The van der Waals surface area contributed by atoms with Crippen LogP contribution >= 0.6 is 11.5 Å². The molecule has 0 spiro atoms. The molecule has 1 aromatic heterocycles. The van der Waals surface area contributed by atoms with Gasteiger partial charge in [-0.1, -0.05) is 12.8 Å². The van der Waals surface area contributed by atoms with Crippen molar-refractivity contribution in [3.63, 3.8) is 0 Å². The molecule has 0 atom stereocenters. The molecule has 1 heterocycles. The molecule has 0 aliphatic heterocycles. The molecule has 0 saturated heterocycles. The summed E-state index contributed by atoms with van der Waals surface area (Å²) in [6.07, 6.45) is 4.62. The maximum atomic E-state index is 11.1. The molecule has 0 aromatic carbocycles. The molecular weight excluding hydrogens is 224 g/mol. The SMILES string of the molecule is Cc1nsc(NC2(C)CCCC2)c1C(=O)O. The molecule has 1 aromatic rings. The molecule has 16 heavy (non-hydrogen) atoms. The molecule has 1 aliphatic carbocycles. The van der Waals surface area contributed by atoms with Crippen molar-refractivity contribution in [3.05, 3.63) is 11.3 Å². The Morgan fingerprint density at radius 2 is 2.12 bits per heavy atom. The lowest BCUT2D eigenvalue weighted by Crippen LogP contribution is -2.31. The van der Waals surface area contributed by atoms with E-state index in [1.54, 1.807) is 6.92 Å². The van der Waals surface area contributed by atoms with Crippen LogP contribution in [0.3, 0.4) is 0 Å². The number of aryl methyl sites for hydroxylation is 1. The molecule has 88 valence electrons. The van der Waals surface area contributed by atoms with Crippen molar-refractivity contribution < 1.29 is 9.90 Å². The smallest absolute Gasteiger partial charge is 0.340 e. The molecule has 0 bridgehead atoms. The van der Waals surface area contributed by atoms with Gasteiger partial charge in [0.15, 0.2) is 0 Å². The number of aromatic carboxylic acids is 1. The van der Waals surface area contributed by atoms with Gasteiger partial charge in [0.25, 0.3) is 0 Å². The van der Waals surface area contributed by atoms with Gasteiger partial charge in [0, 0.05) is 5.54 Å². The quantitative estimate of drug-likeness (QED) is 0.852. The minimum Gasteiger partial charge on any atom is -0.478 e. The van der Waals surface area contributed by atoms with E-state index in [0.717, 1.165) is 12.8 Å². The van der Waals surface area contributed by atoms with Crippen LogP contribution in [0, 0.1) is 6.92 Å². The number of nitrogens with one attached hydrogen (secondary N) is 1.